The summed E-state index contributed by atoms with van der Waals surface area (Å²) in [5, 5.41) is 2.56. The molecular weight excluding hydrogens is 548 g/mol. The first-order chi connectivity index (χ1) is 22.1. The summed E-state index contributed by atoms with van der Waals surface area (Å²) in [6, 6.07) is 39.0. The number of hydrogen-bond donors (Lipinski definition) is 0. The fraction of sp³-hybridized carbons (Fsp3) is 0.122. The predicted octanol–water partition coefficient (Wildman–Crippen LogP) is 10.5. The van der Waals surface area contributed by atoms with Crippen LogP contribution in [-0.2, 0) is 0 Å². The number of aromatic nitrogens is 2. The molecule has 8 rings (SSSR count). The molecule has 2 unspecified atom stereocenters. The topological polar surface area (TPSA) is 32.3 Å². The van der Waals surface area contributed by atoms with E-state index in [4.69, 9.17) is 9.97 Å². The van der Waals surface area contributed by atoms with Crippen LogP contribution in [0.2, 0.25) is 0 Å². The molecule has 45 heavy (non-hydrogen) atoms. The molecule has 0 radical (unpaired) electrons. The van der Waals surface area contributed by atoms with E-state index in [1.165, 1.54) is 27.5 Å². The molecule has 0 saturated heterocycles. The lowest BCUT2D eigenvalue weighted by Gasteiger charge is -2.33. The number of aryl methyl sites for hydroxylation is 2. The van der Waals surface area contributed by atoms with E-state index in [2.05, 4.69) is 157 Å². The van der Waals surface area contributed by atoms with Gasteiger partial charge in [-0.15, -0.1) is 0 Å². The van der Waals surface area contributed by atoms with E-state index in [0.29, 0.717) is 0 Å². The molecular formula is C41H34N4. The molecule has 6 aromatic rings. The minimum absolute atomic E-state index is 0.127. The summed E-state index contributed by atoms with van der Waals surface area (Å²) >= 11 is 0. The van der Waals surface area contributed by atoms with Crippen LogP contribution < -0.4 is 9.80 Å². The maximum absolute atomic E-state index is 4.88. The van der Waals surface area contributed by atoms with E-state index >= 15 is 0 Å². The number of para-hydroxylation sites is 2. The number of pyridine rings is 2. The van der Waals surface area contributed by atoms with Gasteiger partial charge in [0, 0.05) is 35.1 Å². The van der Waals surface area contributed by atoms with E-state index in [9.17, 15) is 0 Å². The summed E-state index contributed by atoms with van der Waals surface area (Å²) in [5.41, 5.74) is 9.61. The van der Waals surface area contributed by atoms with Crippen LogP contribution in [0.4, 0.5) is 28.7 Å². The number of hydrogen-bond acceptors (Lipinski definition) is 4. The Bertz CT molecular complexity index is 2050. The van der Waals surface area contributed by atoms with Crippen molar-refractivity contribution in [1.29, 1.82) is 0 Å². The van der Waals surface area contributed by atoms with Crippen molar-refractivity contribution in [2.45, 2.75) is 32.2 Å². The monoisotopic (exact) mass is 582 g/mol. The van der Waals surface area contributed by atoms with Crippen molar-refractivity contribution in [3.8, 4) is 0 Å². The first kappa shape index (κ1) is 27.1. The first-order valence-electron chi connectivity index (χ1n) is 15.6. The summed E-state index contributed by atoms with van der Waals surface area (Å²) in [6.07, 6.45) is 14.3. The van der Waals surface area contributed by atoms with Gasteiger partial charge in [0.1, 0.15) is 11.6 Å². The lowest BCUT2D eigenvalue weighted by atomic mass is 9.81. The number of rotatable bonds is 6. The Hall–Kier alpha value is -5.48. The SMILES string of the molecule is Cc1ccc(N(c2ccccc2)c2ccc3c4c5c(ccc24)C=CC(N(c2ccccc2)c2ccc(C)cn2)CC5C=C3)nc1. The first-order valence-corrected chi connectivity index (χ1v) is 15.6. The van der Waals surface area contributed by atoms with Gasteiger partial charge in [0.25, 0.3) is 0 Å². The Morgan fingerprint density at radius 1 is 0.600 bits per heavy atom. The van der Waals surface area contributed by atoms with Crippen LogP contribution in [0.25, 0.3) is 22.9 Å². The van der Waals surface area contributed by atoms with E-state index in [-0.39, 0.29) is 12.0 Å². The maximum atomic E-state index is 4.88. The fourth-order valence-electron chi connectivity index (χ4n) is 6.89. The zero-order valence-corrected chi connectivity index (χ0v) is 25.5. The second-order valence-corrected chi connectivity index (χ2v) is 12.1. The normalized spacial score (nSPS) is 16.4. The summed E-state index contributed by atoms with van der Waals surface area (Å²) < 4.78 is 0. The fourth-order valence-corrected chi connectivity index (χ4v) is 6.89. The van der Waals surface area contributed by atoms with Gasteiger partial charge in [-0.1, -0.05) is 91.0 Å². The van der Waals surface area contributed by atoms with Gasteiger partial charge in [-0.25, -0.2) is 9.97 Å². The van der Waals surface area contributed by atoms with Crippen LogP contribution in [0.15, 0.2) is 134 Å². The third kappa shape index (κ3) is 4.89. The summed E-state index contributed by atoms with van der Waals surface area (Å²) in [6.45, 7) is 4.17. The lowest BCUT2D eigenvalue weighted by Crippen LogP contribution is -2.31. The standard InChI is InChI=1S/C41H34N4/c1-28-13-23-38(42-26-28)44(33-9-5-3-6-10-33)35-20-17-30-18-21-36-37(22-19-31-15-16-32(25-35)40(30)41(31)36)45(34-11-7-4-8-12-34)39-24-14-29(2)27-43-39/h3-24,26-27,32,35H,25H2,1-2H3. The van der Waals surface area contributed by atoms with Gasteiger partial charge >= 0.3 is 0 Å². The third-order valence-electron chi connectivity index (χ3n) is 9.03. The van der Waals surface area contributed by atoms with Crippen LogP contribution >= 0.6 is 0 Å². The molecule has 218 valence electrons. The molecule has 2 aliphatic carbocycles. The summed E-state index contributed by atoms with van der Waals surface area (Å²) in [5.74, 6) is 2.12. The molecule has 0 fully saturated rings. The molecule has 2 heterocycles. The Labute approximate surface area is 264 Å². The predicted molar refractivity (Wildman–Crippen MR) is 188 cm³/mol. The molecule has 0 bridgehead atoms. The molecule has 2 aromatic heterocycles. The van der Waals surface area contributed by atoms with Crippen molar-refractivity contribution in [3.63, 3.8) is 0 Å². The van der Waals surface area contributed by atoms with E-state index in [0.717, 1.165) is 46.2 Å². The number of anilines is 5. The highest BCUT2D eigenvalue weighted by atomic mass is 15.2. The van der Waals surface area contributed by atoms with E-state index in [1.807, 2.05) is 12.4 Å². The maximum Gasteiger partial charge on any atom is 0.137 e. The zero-order chi connectivity index (χ0) is 30.3. The molecule has 0 aliphatic heterocycles. The largest absolute Gasteiger partial charge is 0.319 e. The Kier molecular flexibility index (Phi) is 6.76. The van der Waals surface area contributed by atoms with E-state index in [1.54, 1.807) is 0 Å². The van der Waals surface area contributed by atoms with Gasteiger partial charge in [0.15, 0.2) is 0 Å². The lowest BCUT2D eigenvalue weighted by molar-refractivity contribution is 0.652. The molecule has 4 nitrogen and oxygen atoms in total. The van der Waals surface area contributed by atoms with Gasteiger partial charge in [-0.3, -0.25) is 4.90 Å². The van der Waals surface area contributed by atoms with Gasteiger partial charge in [0.05, 0.1) is 11.7 Å². The number of nitrogens with zero attached hydrogens (tertiary/aromatic N) is 4. The second-order valence-electron chi connectivity index (χ2n) is 12.1. The molecule has 0 amide bonds. The second kappa shape index (κ2) is 11.2. The van der Waals surface area contributed by atoms with Crippen LogP contribution in [0.3, 0.4) is 0 Å². The van der Waals surface area contributed by atoms with E-state index < -0.39 is 0 Å². The Balaban J connectivity index is 1.26. The molecule has 2 atom stereocenters. The third-order valence-corrected chi connectivity index (χ3v) is 9.03. The number of allylic oxidation sites excluding steroid dienone is 1. The molecule has 0 spiro atoms. The van der Waals surface area contributed by atoms with Gasteiger partial charge in [0.2, 0.25) is 0 Å². The minimum Gasteiger partial charge on any atom is -0.319 e. The smallest absolute Gasteiger partial charge is 0.137 e. The highest BCUT2D eigenvalue weighted by molar-refractivity contribution is 6.06. The molecule has 0 saturated carbocycles. The van der Waals surface area contributed by atoms with Crippen molar-refractivity contribution < 1.29 is 0 Å². The van der Waals surface area contributed by atoms with Crippen molar-refractivity contribution in [2.75, 3.05) is 9.80 Å². The van der Waals surface area contributed by atoms with Gasteiger partial charge in [-0.05, 0) is 95.9 Å². The Morgan fingerprint density at radius 2 is 1.24 bits per heavy atom. The van der Waals surface area contributed by atoms with Crippen molar-refractivity contribution in [3.05, 3.63) is 162 Å². The minimum atomic E-state index is 0.127. The van der Waals surface area contributed by atoms with Crippen LogP contribution in [0, 0.1) is 13.8 Å². The Morgan fingerprint density at radius 3 is 1.93 bits per heavy atom. The van der Waals surface area contributed by atoms with Crippen LogP contribution in [0.1, 0.15) is 40.2 Å². The average Bonchev–Trinajstić information content (AvgIpc) is 3.27. The molecule has 4 heteroatoms. The average molecular weight is 583 g/mol. The van der Waals surface area contributed by atoms with Gasteiger partial charge in [-0.2, -0.15) is 0 Å². The highest BCUT2D eigenvalue weighted by Crippen LogP contribution is 2.47. The van der Waals surface area contributed by atoms with Crippen LogP contribution in [0.5, 0.6) is 0 Å². The summed E-state index contributed by atoms with van der Waals surface area (Å²) in [4.78, 5) is 14.4. The zero-order valence-electron chi connectivity index (χ0n) is 25.5. The summed E-state index contributed by atoms with van der Waals surface area (Å²) in [7, 11) is 0. The van der Waals surface area contributed by atoms with Crippen molar-refractivity contribution >= 4 is 51.6 Å². The molecule has 4 aromatic carbocycles. The number of benzene rings is 4. The highest BCUT2D eigenvalue weighted by Gasteiger charge is 2.30. The van der Waals surface area contributed by atoms with Crippen molar-refractivity contribution in [2.24, 2.45) is 0 Å². The van der Waals surface area contributed by atoms with Crippen LogP contribution in [-0.4, -0.2) is 16.0 Å². The van der Waals surface area contributed by atoms with Crippen molar-refractivity contribution in [1.82, 2.24) is 9.97 Å². The molecule has 2 aliphatic rings. The molecule has 0 N–H and O–H groups in total. The van der Waals surface area contributed by atoms with Gasteiger partial charge < -0.3 is 4.90 Å². The quantitative estimate of drug-likeness (QED) is 0.196.